The second-order valence-electron chi connectivity index (χ2n) is 6.22. The first-order valence-corrected chi connectivity index (χ1v) is 8.81. The van der Waals surface area contributed by atoms with Crippen LogP contribution in [-0.2, 0) is 11.3 Å². The van der Waals surface area contributed by atoms with E-state index < -0.39 is 0 Å². The van der Waals surface area contributed by atoms with E-state index in [2.05, 4.69) is 36.1 Å². The highest BCUT2D eigenvalue weighted by Gasteiger charge is 2.17. The summed E-state index contributed by atoms with van der Waals surface area (Å²) in [7, 11) is 0. The van der Waals surface area contributed by atoms with Gasteiger partial charge in [0.25, 0.3) is 0 Å². The Morgan fingerprint density at radius 3 is 2.21 bits per heavy atom. The fourth-order valence-electron chi connectivity index (χ4n) is 3.03. The summed E-state index contributed by atoms with van der Waals surface area (Å²) in [4.78, 5) is 14.2. The quantitative estimate of drug-likeness (QED) is 0.673. The van der Waals surface area contributed by atoms with Gasteiger partial charge in [0.15, 0.2) is 0 Å². The Morgan fingerprint density at radius 2 is 1.62 bits per heavy atom. The van der Waals surface area contributed by atoms with Gasteiger partial charge in [-0.1, -0.05) is 74.0 Å². The molecule has 0 aliphatic heterocycles. The number of unbranched alkanes of at least 4 members (excludes halogenated alkanes) is 1. The van der Waals surface area contributed by atoms with Gasteiger partial charge in [-0.2, -0.15) is 0 Å². The Labute approximate surface area is 145 Å². The number of benzene rings is 2. The predicted octanol–water partition coefficient (Wildman–Crippen LogP) is 3.95. The smallest absolute Gasteiger partial charge is 0.224 e. The molecule has 2 N–H and O–H groups in total. The van der Waals surface area contributed by atoms with Crippen LogP contribution in [0.1, 0.15) is 43.2 Å². The highest BCUT2D eigenvalue weighted by molar-refractivity contribution is 5.81. The lowest BCUT2D eigenvalue weighted by Gasteiger charge is -2.21. The van der Waals surface area contributed by atoms with Crippen LogP contribution < -0.4 is 5.73 Å². The Hall–Kier alpha value is -2.13. The normalized spacial score (nSPS) is 12.2. The maximum atomic E-state index is 11.7. The average Bonchev–Trinajstić information content (AvgIpc) is 2.62. The largest absolute Gasteiger partial charge is 0.369 e. The van der Waals surface area contributed by atoms with Crippen molar-refractivity contribution in [3.63, 3.8) is 0 Å². The Balaban J connectivity index is 1.78. The second-order valence-corrected chi connectivity index (χ2v) is 6.22. The van der Waals surface area contributed by atoms with Gasteiger partial charge in [0.2, 0.25) is 5.91 Å². The summed E-state index contributed by atoms with van der Waals surface area (Å²) in [5, 5.41) is 0. The van der Waals surface area contributed by atoms with E-state index >= 15 is 0 Å². The van der Waals surface area contributed by atoms with E-state index in [9.17, 15) is 4.79 Å². The van der Waals surface area contributed by atoms with Gasteiger partial charge in [-0.05, 0) is 37.1 Å². The van der Waals surface area contributed by atoms with Crippen LogP contribution in [0.15, 0.2) is 60.7 Å². The average molecular weight is 324 g/mol. The lowest BCUT2D eigenvalue weighted by atomic mass is 9.93. The molecule has 0 aliphatic carbocycles. The van der Waals surface area contributed by atoms with E-state index in [-0.39, 0.29) is 11.8 Å². The summed E-state index contributed by atoms with van der Waals surface area (Å²) >= 11 is 0. The fraction of sp³-hybridized carbons (Fsp3) is 0.381. The van der Waals surface area contributed by atoms with Gasteiger partial charge < -0.3 is 5.73 Å². The van der Waals surface area contributed by atoms with Crippen molar-refractivity contribution in [1.82, 2.24) is 4.90 Å². The lowest BCUT2D eigenvalue weighted by Crippen LogP contribution is -2.25. The SMILES string of the molecule is CCN(CCCCC(C(N)=O)c1ccccc1)Cc1ccccc1. The summed E-state index contributed by atoms with van der Waals surface area (Å²) in [6.45, 7) is 5.26. The molecular weight excluding hydrogens is 296 g/mol. The van der Waals surface area contributed by atoms with Crippen LogP contribution in [-0.4, -0.2) is 23.9 Å². The van der Waals surface area contributed by atoms with Crippen molar-refractivity contribution in [2.45, 2.75) is 38.6 Å². The molecule has 1 amide bonds. The predicted molar refractivity (Wildman–Crippen MR) is 99.6 cm³/mol. The monoisotopic (exact) mass is 324 g/mol. The molecule has 0 spiro atoms. The van der Waals surface area contributed by atoms with Crippen molar-refractivity contribution in [1.29, 1.82) is 0 Å². The minimum absolute atomic E-state index is 0.171. The number of nitrogens with two attached hydrogens (primary N) is 1. The first-order valence-electron chi connectivity index (χ1n) is 8.81. The van der Waals surface area contributed by atoms with Crippen molar-refractivity contribution in [2.75, 3.05) is 13.1 Å². The zero-order valence-corrected chi connectivity index (χ0v) is 14.5. The molecule has 0 radical (unpaired) electrons. The Morgan fingerprint density at radius 1 is 1.00 bits per heavy atom. The van der Waals surface area contributed by atoms with Crippen LogP contribution in [0.2, 0.25) is 0 Å². The van der Waals surface area contributed by atoms with Gasteiger partial charge in [-0.25, -0.2) is 0 Å². The van der Waals surface area contributed by atoms with Crippen LogP contribution in [0.3, 0.4) is 0 Å². The lowest BCUT2D eigenvalue weighted by molar-refractivity contribution is -0.119. The van der Waals surface area contributed by atoms with Gasteiger partial charge in [-0.3, -0.25) is 9.69 Å². The standard InChI is InChI=1S/C21H28N2O/c1-2-23(17-18-11-5-3-6-12-18)16-10-9-15-20(21(22)24)19-13-7-4-8-14-19/h3-8,11-14,20H,2,9-10,15-17H2,1H3,(H2,22,24). The molecule has 0 bridgehead atoms. The van der Waals surface area contributed by atoms with Gasteiger partial charge in [-0.15, -0.1) is 0 Å². The number of carbonyl (C=O) groups is 1. The molecule has 0 saturated heterocycles. The van der Waals surface area contributed by atoms with Crippen molar-refractivity contribution in [3.05, 3.63) is 71.8 Å². The highest BCUT2D eigenvalue weighted by atomic mass is 16.1. The molecule has 3 heteroatoms. The minimum atomic E-state index is -0.224. The van der Waals surface area contributed by atoms with Crippen molar-refractivity contribution in [3.8, 4) is 0 Å². The summed E-state index contributed by atoms with van der Waals surface area (Å²) in [6, 6.07) is 20.4. The maximum absolute atomic E-state index is 11.7. The van der Waals surface area contributed by atoms with E-state index in [0.717, 1.165) is 44.5 Å². The molecule has 0 aliphatic rings. The zero-order valence-electron chi connectivity index (χ0n) is 14.5. The van der Waals surface area contributed by atoms with E-state index in [1.165, 1.54) is 5.56 Å². The number of hydrogen-bond donors (Lipinski definition) is 1. The van der Waals surface area contributed by atoms with Crippen LogP contribution in [0.4, 0.5) is 0 Å². The number of amides is 1. The number of rotatable bonds is 10. The fourth-order valence-corrected chi connectivity index (χ4v) is 3.03. The number of nitrogens with zero attached hydrogens (tertiary/aromatic N) is 1. The maximum Gasteiger partial charge on any atom is 0.224 e. The number of hydrogen-bond acceptors (Lipinski definition) is 2. The Kier molecular flexibility index (Phi) is 7.50. The summed E-state index contributed by atoms with van der Waals surface area (Å²) in [5.74, 6) is -0.395. The molecule has 24 heavy (non-hydrogen) atoms. The summed E-state index contributed by atoms with van der Waals surface area (Å²) in [6.07, 6.45) is 2.91. The summed E-state index contributed by atoms with van der Waals surface area (Å²) in [5.41, 5.74) is 7.97. The molecule has 3 nitrogen and oxygen atoms in total. The topological polar surface area (TPSA) is 46.3 Å². The van der Waals surface area contributed by atoms with Gasteiger partial charge in [0.05, 0.1) is 5.92 Å². The number of carbonyl (C=O) groups excluding carboxylic acids is 1. The Bertz CT molecular complexity index is 598. The van der Waals surface area contributed by atoms with E-state index in [1.807, 2.05) is 36.4 Å². The molecule has 1 unspecified atom stereocenters. The van der Waals surface area contributed by atoms with Gasteiger partial charge in [0, 0.05) is 6.54 Å². The third kappa shape index (κ3) is 5.82. The van der Waals surface area contributed by atoms with Crippen LogP contribution in [0, 0.1) is 0 Å². The molecule has 0 fully saturated rings. The van der Waals surface area contributed by atoms with E-state index in [0.29, 0.717) is 0 Å². The van der Waals surface area contributed by atoms with Crippen molar-refractivity contribution >= 4 is 5.91 Å². The molecular formula is C21H28N2O. The highest BCUT2D eigenvalue weighted by Crippen LogP contribution is 2.21. The molecule has 2 rings (SSSR count). The van der Waals surface area contributed by atoms with E-state index in [4.69, 9.17) is 5.73 Å². The third-order valence-electron chi connectivity index (χ3n) is 4.46. The van der Waals surface area contributed by atoms with Crippen LogP contribution in [0.25, 0.3) is 0 Å². The zero-order chi connectivity index (χ0) is 17.2. The third-order valence-corrected chi connectivity index (χ3v) is 4.46. The van der Waals surface area contributed by atoms with Gasteiger partial charge >= 0.3 is 0 Å². The number of primary amides is 1. The molecule has 0 saturated carbocycles. The molecule has 2 aromatic carbocycles. The molecule has 2 aromatic rings. The van der Waals surface area contributed by atoms with E-state index in [1.54, 1.807) is 0 Å². The molecule has 0 heterocycles. The van der Waals surface area contributed by atoms with Crippen molar-refractivity contribution < 1.29 is 4.79 Å². The first kappa shape index (κ1) is 18.2. The molecule has 128 valence electrons. The van der Waals surface area contributed by atoms with Crippen LogP contribution in [0.5, 0.6) is 0 Å². The second kappa shape index (κ2) is 9.89. The van der Waals surface area contributed by atoms with Gasteiger partial charge in [0.1, 0.15) is 0 Å². The van der Waals surface area contributed by atoms with Crippen LogP contribution >= 0.6 is 0 Å². The molecule has 1 atom stereocenters. The molecule has 0 aromatic heterocycles. The summed E-state index contributed by atoms with van der Waals surface area (Å²) < 4.78 is 0. The minimum Gasteiger partial charge on any atom is -0.369 e. The van der Waals surface area contributed by atoms with Crippen molar-refractivity contribution in [2.24, 2.45) is 5.73 Å². The first-order chi connectivity index (χ1) is 11.7.